The Morgan fingerprint density at radius 3 is 2.54 bits per heavy atom. The number of nitrogens with zero attached hydrogens (tertiary/aromatic N) is 1. The molecule has 0 aromatic heterocycles. The molecule has 0 saturated carbocycles. The molecule has 2 heteroatoms. The number of nitrogens with one attached hydrogen (secondary N) is 1. The highest BCUT2D eigenvalue weighted by molar-refractivity contribution is 5.55. The number of hydrogen-bond donors (Lipinski definition) is 1. The summed E-state index contributed by atoms with van der Waals surface area (Å²) in [5.41, 5.74) is 5.09. The van der Waals surface area contributed by atoms with E-state index in [4.69, 9.17) is 5.26 Å². The molecule has 1 aliphatic carbocycles. The average molecular weight is 373 g/mol. The van der Waals surface area contributed by atoms with Crippen LogP contribution in [0.4, 0.5) is 0 Å². The first kappa shape index (κ1) is 20.2. The standard InChI is InChI=1S/C26H32N2/c1-4-19-28-21(2)26(17-11-6-12-18-27)24-16-10-9-13-22(24)20-25(26,3)23-14-7-5-8-15-23/h5,7-10,13-16,28H,2,4,6,11-12,17,19-20H2,1,3H3/t25-,26+/m0/s1. The summed E-state index contributed by atoms with van der Waals surface area (Å²) in [6.45, 7) is 10.1. The third kappa shape index (κ3) is 3.35. The molecule has 1 N–H and O–H groups in total. The second kappa shape index (κ2) is 8.65. The highest BCUT2D eigenvalue weighted by Crippen LogP contribution is 2.58. The first-order chi connectivity index (χ1) is 13.6. The summed E-state index contributed by atoms with van der Waals surface area (Å²) in [7, 11) is 0. The van der Waals surface area contributed by atoms with Crippen molar-refractivity contribution in [3.63, 3.8) is 0 Å². The topological polar surface area (TPSA) is 35.8 Å². The molecule has 0 saturated heterocycles. The number of hydrogen-bond acceptors (Lipinski definition) is 2. The molecule has 0 unspecified atom stereocenters. The van der Waals surface area contributed by atoms with E-state index in [0.717, 1.165) is 44.3 Å². The second-order valence-corrected chi connectivity index (χ2v) is 8.21. The number of fused-ring (bicyclic) bond motifs is 1. The van der Waals surface area contributed by atoms with Gasteiger partial charge in [0.2, 0.25) is 0 Å². The fourth-order valence-electron chi connectivity index (χ4n) is 5.15. The molecule has 28 heavy (non-hydrogen) atoms. The van der Waals surface area contributed by atoms with Crippen LogP contribution in [0.2, 0.25) is 0 Å². The van der Waals surface area contributed by atoms with Gasteiger partial charge in [-0.25, -0.2) is 0 Å². The Morgan fingerprint density at radius 2 is 1.82 bits per heavy atom. The third-order valence-corrected chi connectivity index (χ3v) is 6.57. The van der Waals surface area contributed by atoms with E-state index in [2.05, 4.69) is 86.4 Å². The zero-order valence-corrected chi connectivity index (χ0v) is 17.3. The van der Waals surface area contributed by atoms with Crippen molar-refractivity contribution in [1.29, 1.82) is 5.26 Å². The number of benzene rings is 2. The Kier molecular flexibility index (Phi) is 6.25. The van der Waals surface area contributed by atoms with Gasteiger partial charge in [-0.1, -0.05) is 81.4 Å². The van der Waals surface area contributed by atoms with Crippen LogP contribution in [-0.4, -0.2) is 6.54 Å². The lowest BCUT2D eigenvalue weighted by Crippen LogP contribution is -2.49. The quantitative estimate of drug-likeness (QED) is 0.545. The molecule has 2 aromatic carbocycles. The maximum absolute atomic E-state index is 9.01. The van der Waals surface area contributed by atoms with Crippen LogP contribution in [0.15, 0.2) is 66.9 Å². The molecule has 2 aromatic rings. The molecular weight excluding hydrogens is 340 g/mol. The summed E-state index contributed by atoms with van der Waals surface area (Å²) in [6, 6.07) is 22.1. The molecule has 0 bridgehead atoms. The van der Waals surface area contributed by atoms with E-state index >= 15 is 0 Å². The van der Waals surface area contributed by atoms with Crippen LogP contribution >= 0.6 is 0 Å². The highest BCUT2D eigenvalue weighted by Gasteiger charge is 2.56. The SMILES string of the molecule is C=C(NCCC)[C@]1(CCCCC#N)c2ccccc2C[C@@]1(C)c1ccccc1. The van der Waals surface area contributed by atoms with Crippen molar-refractivity contribution in [1.82, 2.24) is 5.32 Å². The smallest absolute Gasteiger partial charge is 0.0621 e. The minimum Gasteiger partial charge on any atom is -0.388 e. The lowest BCUT2D eigenvalue weighted by molar-refractivity contribution is 0.262. The molecule has 0 spiro atoms. The molecule has 2 atom stereocenters. The van der Waals surface area contributed by atoms with Crippen molar-refractivity contribution in [2.24, 2.45) is 0 Å². The van der Waals surface area contributed by atoms with Gasteiger partial charge in [0.1, 0.15) is 0 Å². The highest BCUT2D eigenvalue weighted by atomic mass is 14.9. The molecule has 0 aliphatic heterocycles. The molecule has 0 radical (unpaired) electrons. The second-order valence-electron chi connectivity index (χ2n) is 8.21. The van der Waals surface area contributed by atoms with Crippen LogP contribution in [0.3, 0.4) is 0 Å². The van der Waals surface area contributed by atoms with E-state index in [-0.39, 0.29) is 10.8 Å². The molecule has 0 amide bonds. The van der Waals surface area contributed by atoms with Gasteiger partial charge in [-0.3, -0.25) is 0 Å². The van der Waals surface area contributed by atoms with Crippen molar-refractivity contribution in [3.8, 4) is 6.07 Å². The minimum absolute atomic E-state index is 0.0670. The van der Waals surface area contributed by atoms with Crippen molar-refractivity contribution < 1.29 is 0 Å². The largest absolute Gasteiger partial charge is 0.388 e. The van der Waals surface area contributed by atoms with Gasteiger partial charge in [0.05, 0.1) is 6.07 Å². The van der Waals surface area contributed by atoms with Crippen LogP contribution in [0.1, 0.15) is 62.6 Å². The maximum atomic E-state index is 9.01. The number of allylic oxidation sites excluding steroid dienone is 1. The molecule has 146 valence electrons. The summed E-state index contributed by atoms with van der Waals surface area (Å²) in [6.07, 6.45) is 5.68. The first-order valence-corrected chi connectivity index (χ1v) is 10.5. The Bertz CT molecular complexity index is 848. The number of rotatable bonds is 9. The van der Waals surface area contributed by atoms with Crippen LogP contribution in [0.25, 0.3) is 0 Å². The Labute approximate surface area is 170 Å². The van der Waals surface area contributed by atoms with E-state index < -0.39 is 0 Å². The normalized spacial score (nSPS) is 23.0. The van der Waals surface area contributed by atoms with Gasteiger partial charge < -0.3 is 5.32 Å². The van der Waals surface area contributed by atoms with Crippen molar-refractivity contribution in [2.45, 2.75) is 63.2 Å². The Balaban J connectivity index is 2.14. The van der Waals surface area contributed by atoms with Gasteiger partial charge in [-0.2, -0.15) is 5.26 Å². The van der Waals surface area contributed by atoms with Gasteiger partial charge in [0, 0.05) is 29.5 Å². The molecule has 0 heterocycles. The van der Waals surface area contributed by atoms with E-state index in [0.29, 0.717) is 6.42 Å². The monoisotopic (exact) mass is 372 g/mol. The number of unbranched alkanes of at least 4 members (excludes halogenated alkanes) is 2. The lowest BCUT2D eigenvalue weighted by atomic mass is 9.57. The van der Waals surface area contributed by atoms with E-state index in [1.807, 2.05) is 0 Å². The average Bonchev–Trinajstić information content (AvgIpc) is 3.00. The molecule has 2 nitrogen and oxygen atoms in total. The van der Waals surface area contributed by atoms with E-state index in [1.165, 1.54) is 16.7 Å². The zero-order valence-electron chi connectivity index (χ0n) is 17.3. The molecule has 1 aliphatic rings. The predicted octanol–water partition coefficient (Wildman–Crippen LogP) is 6.04. The fourth-order valence-corrected chi connectivity index (χ4v) is 5.15. The van der Waals surface area contributed by atoms with Crippen molar-refractivity contribution in [3.05, 3.63) is 83.6 Å². The summed E-state index contributed by atoms with van der Waals surface area (Å²) < 4.78 is 0. The summed E-state index contributed by atoms with van der Waals surface area (Å²) in [5, 5.41) is 12.7. The lowest BCUT2D eigenvalue weighted by Gasteiger charge is -2.47. The van der Waals surface area contributed by atoms with Gasteiger partial charge in [-0.05, 0) is 42.4 Å². The number of nitriles is 1. The van der Waals surface area contributed by atoms with Crippen LogP contribution in [-0.2, 0) is 17.3 Å². The van der Waals surface area contributed by atoms with Gasteiger partial charge in [0.15, 0.2) is 0 Å². The maximum Gasteiger partial charge on any atom is 0.0621 e. The minimum atomic E-state index is -0.171. The first-order valence-electron chi connectivity index (χ1n) is 10.5. The van der Waals surface area contributed by atoms with Crippen LogP contribution in [0, 0.1) is 11.3 Å². The van der Waals surface area contributed by atoms with Crippen LogP contribution in [0.5, 0.6) is 0 Å². The van der Waals surface area contributed by atoms with Gasteiger partial charge in [-0.15, -0.1) is 0 Å². The fraction of sp³-hybridized carbons (Fsp3) is 0.423. The summed E-state index contributed by atoms with van der Waals surface area (Å²) in [5.74, 6) is 0. The van der Waals surface area contributed by atoms with E-state index in [1.54, 1.807) is 0 Å². The van der Waals surface area contributed by atoms with Crippen LogP contribution < -0.4 is 5.32 Å². The van der Waals surface area contributed by atoms with Crippen molar-refractivity contribution in [2.75, 3.05) is 6.54 Å². The molecule has 0 fully saturated rings. The molecule has 3 rings (SSSR count). The summed E-state index contributed by atoms with van der Waals surface area (Å²) in [4.78, 5) is 0. The zero-order chi connectivity index (χ0) is 20.0. The Hall–Kier alpha value is -2.53. The molecular formula is C26H32N2. The third-order valence-electron chi connectivity index (χ3n) is 6.57. The Morgan fingerprint density at radius 1 is 1.11 bits per heavy atom. The van der Waals surface area contributed by atoms with Crippen molar-refractivity contribution >= 4 is 0 Å². The van der Waals surface area contributed by atoms with Gasteiger partial charge >= 0.3 is 0 Å². The van der Waals surface area contributed by atoms with Gasteiger partial charge in [0.25, 0.3) is 0 Å². The summed E-state index contributed by atoms with van der Waals surface area (Å²) >= 11 is 0. The predicted molar refractivity (Wildman–Crippen MR) is 117 cm³/mol. The van der Waals surface area contributed by atoms with E-state index in [9.17, 15) is 0 Å².